The fraction of sp³-hybridized carbons (Fsp3) is 0.562. The molecule has 1 unspecified atom stereocenters. The van der Waals surface area contributed by atoms with E-state index in [1.54, 1.807) is 0 Å². The first-order chi connectivity index (χ1) is 9.51. The van der Waals surface area contributed by atoms with Gasteiger partial charge in [-0.25, -0.2) is 0 Å². The predicted octanol–water partition coefficient (Wildman–Crippen LogP) is 3.18. The predicted molar refractivity (Wildman–Crippen MR) is 82.9 cm³/mol. The molecule has 112 valence electrons. The maximum atomic E-state index is 11.8. The Kier molecular flexibility index (Phi) is 7.09. The Labute approximate surface area is 121 Å². The normalized spacial score (nSPS) is 12.2. The fourth-order valence-corrected chi connectivity index (χ4v) is 1.85. The van der Waals surface area contributed by atoms with Crippen molar-refractivity contribution in [1.29, 1.82) is 0 Å². The van der Waals surface area contributed by atoms with Crippen LogP contribution in [0.1, 0.15) is 40.0 Å². The molecule has 0 heterocycles. The summed E-state index contributed by atoms with van der Waals surface area (Å²) in [6, 6.07) is 7.38. The van der Waals surface area contributed by atoms with Gasteiger partial charge in [0.05, 0.1) is 6.61 Å². The van der Waals surface area contributed by atoms with Crippen molar-refractivity contribution in [2.45, 2.75) is 46.1 Å². The standard InChI is InChI=1S/C16H26N2O2/c1-4-6-13(17)9-16(19)18-14-7-5-8-15(10-14)20-11-12(2)3/h5,7-8,10,12-13H,4,6,9,11,17H2,1-3H3,(H,18,19). The zero-order valence-corrected chi connectivity index (χ0v) is 12.7. The molecule has 0 aromatic heterocycles. The number of rotatable bonds is 8. The molecule has 20 heavy (non-hydrogen) atoms. The van der Waals surface area contributed by atoms with Gasteiger partial charge in [-0.1, -0.05) is 33.3 Å². The number of ether oxygens (including phenoxy) is 1. The molecule has 0 saturated heterocycles. The molecule has 0 aliphatic rings. The van der Waals surface area contributed by atoms with Crippen LogP contribution in [0.3, 0.4) is 0 Å². The van der Waals surface area contributed by atoms with Gasteiger partial charge in [0.2, 0.25) is 5.91 Å². The second-order valence-electron chi connectivity index (χ2n) is 5.53. The molecule has 1 amide bonds. The van der Waals surface area contributed by atoms with E-state index in [0.717, 1.165) is 24.3 Å². The number of benzene rings is 1. The minimum Gasteiger partial charge on any atom is -0.493 e. The van der Waals surface area contributed by atoms with E-state index in [-0.39, 0.29) is 11.9 Å². The summed E-state index contributed by atoms with van der Waals surface area (Å²) in [7, 11) is 0. The molecule has 1 aromatic rings. The van der Waals surface area contributed by atoms with Gasteiger partial charge >= 0.3 is 0 Å². The lowest BCUT2D eigenvalue weighted by atomic mass is 10.1. The summed E-state index contributed by atoms with van der Waals surface area (Å²) in [5.41, 5.74) is 6.61. The zero-order chi connectivity index (χ0) is 15.0. The maximum absolute atomic E-state index is 11.8. The Morgan fingerprint density at radius 1 is 1.40 bits per heavy atom. The van der Waals surface area contributed by atoms with Crippen molar-refractivity contribution in [3.63, 3.8) is 0 Å². The van der Waals surface area contributed by atoms with Gasteiger partial charge in [0.25, 0.3) is 0 Å². The molecule has 0 spiro atoms. The van der Waals surface area contributed by atoms with Gasteiger partial charge < -0.3 is 15.8 Å². The summed E-state index contributed by atoms with van der Waals surface area (Å²) in [6.45, 7) is 6.92. The van der Waals surface area contributed by atoms with E-state index in [0.29, 0.717) is 18.9 Å². The highest BCUT2D eigenvalue weighted by Crippen LogP contribution is 2.18. The number of anilines is 1. The number of carbonyl (C=O) groups excluding carboxylic acids is 1. The van der Waals surface area contributed by atoms with Crippen LogP contribution >= 0.6 is 0 Å². The largest absolute Gasteiger partial charge is 0.493 e. The third-order valence-electron chi connectivity index (χ3n) is 2.81. The van der Waals surface area contributed by atoms with Crippen molar-refractivity contribution >= 4 is 11.6 Å². The third-order valence-corrected chi connectivity index (χ3v) is 2.81. The average molecular weight is 278 g/mol. The Hall–Kier alpha value is -1.55. The van der Waals surface area contributed by atoms with Gasteiger partial charge in [-0.3, -0.25) is 4.79 Å². The van der Waals surface area contributed by atoms with Crippen molar-refractivity contribution in [3.8, 4) is 5.75 Å². The summed E-state index contributed by atoms with van der Waals surface area (Å²) < 4.78 is 5.63. The van der Waals surface area contributed by atoms with Gasteiger partial charge in [0.1, 0.15) is 5.75 Å². The van der Waals surface area contributed by atoms with Gasteiger partial charge in [-0.05, 0) is 24.5 Å². The molecule has 1 rings (SSSR count). The lowest BCUT2D eigenvalue weighted by Gasteiger charge is -2.12. The van der Waals surface area contributed by atoms with E-state index in [2.05, 4.69) is 26.1 Å². The molecule has 4 heteroatoms. The van der Waals surface area contributed by atoms with Gasteiger partial charge in [0, 0.05) is 24.2 Å². The number of carbonyl (C=O) groups is 1. The van der Waals surface area contributed by atoms with E-state index in [1.807, 2.05) is 24.3 Å². The van der Waals surface area contributed by atoms with Crippen molar-refractivity contribution in [2.75, 3.05) is 11.9 Å². The third kappa shape index (κ3) is 6.57. The number of nitrogens with two attached hydrogens (primary N) is 1. The molecule has 4 nitrogen and oxygen atoms in total. The van der Waals surface area contributed by atoms with Crippen LogP contribution in [0.15, 0.2) is 24.3 Å². The van der Waals surface area contributed by atoms with E-state index in [1.165, 1.54) is 0 Å². The number of amides is 1. The highest BCUT2D eigenvalue weighted by Gasteiger charge is 2.09. The Bertz CT molecular complexity index is 419. The lowest BCUT2D eigenvalue weighted by Crippen LogP contribution is -2.26. The number of hydrogen-bond acceptors (Lipinski definition) is 3. The van der Waals surface area contributed by atoms with E-state index in [4.69, 9.17) is 10.5 Å². The minimum absolute atomic E-state index is 0.0491. The highest BCUT2D eigenvalue weighted by molar-refractivity contribution is 5.91. The number of hydrogen-bond donors (Lipinski definition) is 2. The molecule has 3 N–H and O–H groups in total. The second kappa shape index (κ2) is 8.59. The number of nitrogens with one attached hydrogen (secondary N) is 1. The average Bonchev–Trinajstić information content (AvgIpc) is 2.36. The van der Waals surface area contributed by atoms with Crippen LogP contribution in [0.2, 0.25) is 0 Å². The van der Waals surface area contributed by atoms with Crippen LogP contribution in [0, 0.1) is 5.92 Å². The Morgan fingerprint density at radius 2 is 2.15 bits per heavy atom. The molecule has 0 bridgehead atoms. The minimum atomic E-state index is -0.0691. The molecule has 1 atom stereocenters. The summed E-state index contributed by atoms with van der Waals surface area (Å²) in [4.78, 5) is 11.8. The van der Waals surface area contributed by atoms with E-state index in [9.17, 15) is 4.79 Å². The molecule has 0 fully saturated rings. The fourth-order valence-electron chi connectivity index (χ4n) is 1.85. The SMILES string of the molecule is CCCC(N)CC(=O)Nc1cccc(OCC(C)C)c1. The summed E-state index contributed by atoms with van der Waals surface area (Å²) in [6.07, 6.45) is 2.21. The van der Waals surface area contributed by atoms with Crippen molar-refractivity contribution < 1.29 is 9.53 Å². The Balaban J connectivity index is 2.50. The van der Waals surface area contributed by atoms with E-state index >= 15 is 0 Å². The summed E-state index contributed by atoms with van der Waals surface area (Å²) in [5, 5.41) is 2.86. The maximum Gasteiger partial charge on any atom is 0.225 e. The van der Waals surface area contributed by atoms with Crippen LogP contribution in [0.25, 0.3) is 0 Å². The molecule has 0 aliphatic carbocycles. The lowest BCUT2D eigenvalue weighted by molar-refractivity contribution is -0.116. The van der Waals surface area contributed by atoms with Crippen LogP contribution in [-0.2, 0) is 4.79 Å². The molecule has 1 aromatic carbocycles. The highest BCUT2D eigenvalue weighted by atomic mass is 16.5. The van der Waals surface area contributed by atoms with Crippen LogP contribution < -0.4 is 15.8 Å². The van der Waals surface area contributed by atoms with Crippen LogP contribution in [-0.4, -0.2) is 18.6 Å². The van der Waals surface area contributed by atoms with Crippen LogP contribution in [0.5, 0.6) is 5.75 Å². The molecule has 0 saturated carbocycles. The van der Waals surface area contributed by atoms with Gasteiger partial charge in [-0.2, -0.15) is 0 Å². The zero-order valence-electron chi connectivity index (χ0n) is 12.7. The summed E-state index contributed by atoms with van der Waals surface area (Å²) in [5.74, 6) is 1.20. The topological polar surface area (TPSA) is 64.4 Å². The smallest absolute Gasteiger partial charge is 0.225 e. The molecule has 0 radical (unpaired) electrons. The first-order valence-electron chi connectivity index (χ1n) is 7.29. The monoisotopic (exact) mass is 278 g/mol. The Morgan fingerprint density at radius 3 is 2.80 bits per heavy atom. The first kappa shape index (κ1) is 16.5. The van der Waals surface area contributed by atoms with Crippen molar-refractivity contribution in [1.82, 2.24) is 0 Å². The van der Waals surface area contributed by atoms with Gasteiger partial charge in [-0.15, -0.1) is 0 Å². The molecular formula is C16H26N2O2. The first-order valence-corrected chi connectivity index (χ1v) is 7.29. The van der Waals surface area contributed by atoms with Crippen LogP contribution in [0.4, 0.5) is 5.69 Å². The van der Waals surface area contributed by atoms with Gasteiger partial charge in [0.15, 0.2) is 0 Å². The van der Waals surface area contributed by atoms with Crippen molar-refractivity contribution in [2.24, 2.45) is 11.7 Å². The second-order valence-corrected chi connectivity index (χ2v) is 5.53. The van der Waals surface area contributed by atoms with E-state index < -0.39 is 0 Å². The molecule has 0 aliphatic heterocycles. The quantitative estimate of drug-likeness (QED) is 0.767. The van der Waals surface area contributed by atoms with Crippen molar-refractivity contribution in [3.05, 3.63) is 24.3 Å². The molecular weight excluding hydrogens is 252 g/mol. The summed E-state index contributed by atoms with van der Waals surface area (Å²) >= 11 is 0.